The van der Waals surface area contributed by atoms with Crippen LogP contribution in [0.1, 0.15) is 46.5 Å². The summed E-state index contributed by atoms with van der Waals surface area (Å²) in [7, 11) is 0. The highest BCUT2D eigenvalue weighted by atomic mass is 16.4. The number of carboxylic acids is 1. The van der Waals surface area contributed by atoms with Gasteiger partial charge >= 0.3 is 5.97 Å². The Bertz CT molecular complexity index is 251. The Morgan fingerprint density at radius 3 is 2.71 bits per heavy atom. The Kier molecular flexibility index (Phi) is 3.35. The summed E-state index contributed by atoms with van der Waals surface area (Å²) < 4.78 is 0. The second kappa shape index (κ2) is 4.16. The number of hydrogen-bond acceptors (Lipinski definition) is 1. The highest BCUT2D eigenvalue weighted by molar-refractivity contribution is 5.67. The van der Waals surface area contributed by atoms with Crippen LogP contribution in [0.2, 0.25) is 0 Å². The molecule has 1 atom stereocenters. The van der Waals surface area contributed by atoms with Gasteiger partial charge in [0.25, 0.3) is 0 Å². The van der Waals surface area contributed by atoms with Crippen molar-refractivity contribution in [2.75, 3.05) is 0 Å². The molecule has 0 bridgehead atoms. The Morgan fingerprint density at radius 2 is 2.29 bits per heavy atom. The summed E-state index contributed by atoms with van der Waals surface area (Å²) in [5, 5.41) is 8.82. The van der Waals surface area contributed by atoms with Crippen LogP contribution >= 0.6 is 0 Å². The van der Waals surface area contributed by atoms with E-state index in [9.17, 15) is 4.79 Å². The van der Waals surface area contributed by atoms with Crippen molar-refractivity contribution in [3.63, 3.8) is 0 Å². The smallest absolute Gasteiger partial charge is 0.303 e. The molecule has 0 aromatic heterocycles. The number of carboxylic acid groups (broad SMARTS) is 1. The molecule has 2 heteroatoms. The Hall–Kier alpha value is -0.790. The van der Waals surface area contributed by atoms with Crippen LogP contribution in [-0.4, -0.2) is 11.1 Å². The minimum atomic E-state index is -0.679. The molecule has 0 saturated carbocycles. The third-order valence-corrected chi connectivity index (χ3v) is 3.35. The van der Waals surface area contributed by atoms with Crippen LogP contribution in [-0.2, 0) is 4.79 Å². The number of allylic oxidation sites excluding steroid dienone is 2. The van der Waals surface area contributed by atoms with E-state index in [0.717, 1.165) is 19.3 Å². The van der Waals surface area contributed by atoms with Crippen molar-refractivity contribution >= 4 is 5.97 Å². The van der Waals surface area contributed by atoms with Crippen LogP contribution < -0.4 is 0 Å². The molecule has 2 nitrogen and oxygen atoms in total. The van der Waals surface area contributed by atoms with Gasteiger partial charge in [-0.05, 0) is 37.5 Å². The first-order valence-corrected chi connectivity index (χ1v) is 5.29. The van der Waals surface area contributed by atoms with Gasteiger partial charge in [0.15, 0.2) is 0 Å². The Morgan fingerprint density at radius 1 is 1.64 bits per heavy atom. The molecule has 80 valence electrons. The minimum absolute atomic E-state index is 0.0664. The predicted molar refractivity (Wildman–Crippen MR) is 57.1 cm³/mol. The third kappa shape index (κ3) is 2.86. The molecule has 1 unspecified atom stereocenters. The molecular formula is C12H20O2. The second-order valence-corrected chi connectivity index (χ2v) is 5.08. The van der Waals surface area contributed by atoms with Gasteiger partial charge in [-0.3, -0.25) is 4.79 Å². The summed E-state index contributed by atoms with van der Waals surface area (Å²) in [5.41, 5.74) is 1.38. The average Bonchev–Trinajstić information content (AvgIpc) is 2.02. The first-order valence-electron chi connectivity index (χ1n) is 5.29. The molecule has 1 rings (SSSR count). The van der Waals surface area contributed by atoms with Crippen LogP contribution in [0.5, 0.6) is 0 Å². The van der Waals surface area contributed by atoms with Crippen LogP contribution in [0.4, 0.5) is 0 Å². The molecule has 14 heavy (non-hydrogen) atoms. The van der Waals surface area contributed by atoms with E-state index < -0.39 is 5.97 Å². The van der Waals surface area contributed by atoms with Crippen molar-refractivity contribution in [3.8, 4) is 0 Å². The fraction of sp³-hybridized carbons (Fsp3) is 0.750. The van der Waals surface area contributed by atoms with Crippen molar-refractivity contribution in [1.82, 2.24) is 0 Å². The molecule has 1 aliphatic carbocycles. The van der Waals surface area contributed by atoms with Gasteiger partial charge in [0, 0.05) is 0 Å². The number of rotatable bonds is 3. The lowest BCUT2D eigenvalue weighted by atomic mass is 9.70. The second-order valence-electron chi connectivity index (χ2n) is 5.08. The van der Waals surface area contributed by atoms with E-state index in [4.69, 9.17) is 5.11 Å². The zero-order chi connectivity index (χ0) is 10.8. The van der Waals surface area contributed by atoms with E-state index in [1.807, 2.05) is 0 Å². The van der Waals surface area contributed by atoms with Crippen LogP contribution in [0, 0.1) is 11.3 Å². The fourth-order valence-corrected chi connectivity index (χ4v) is 2.21. The maximum Gasteiger partial charge on any atom is 0.303 e. The molecule has 1 aliphatic rings. The molecule has 0 aromatic carbocycles. The average molecular weight is 196 g/mol. The van der Waals surface area contributed by atoms with Gasteiger partial charge in [-0.2, -0.15) is 0 Å². The van der Waals surface area contributed by atoms with Crippen LogP contribution in [0.25, 0.3) is 0 Å². The number of aliphatic carboxylic acids is 1. The maximum absolute atomic E-state index is 10.7. The van der Waals surface area contributed by atoms with Crippen molar-refractivity contribution in [3.05, 3.63) is 11.6 Å². The molecule has 0 radical (unpaired) electrons. The standard InChI is InChI=1S/C12H20O2/c1-9-4-6-10(7-5-9)12(2,3)8-11(13)14/h4,10H,5-8H2,1-3H3,(H,13,14). The van der Waals surface area contributed by atoms with E-state index in [1.165, 1.54) is 5.57 Å². The summed E-state index contributed by atoms with van der Waals surface area (Å²) in [5.74, 6) is -0.149. The van der Waals surface area contributed by atoms with E-state index >= 15 is 0 Å². The lowest BCUT2D eigenvalue weighted by Crippen LogP contribution is -2.28. The van der Waals surface area contributed by atoms with Crippen LogP contribution in [0.3, 0.4) is 0 Å². The molecule has 0 fully saturated rings. The van der Waals surface area contributed by atoms with Crippen LogP contribution in [0.15, 0.2) is 11.6 Å². The zero-order valence-electron chi connectivity index (χ0n) is 9.34. The minimum Gasteiger partial charge on any atom is -0.481 e. The summed E-state index contributed by atoms with van der Waals surface area (Å²) in [6.07, 6.45) is 5.87. The van der Waals surface area contributed by atoms with Crippen molar-refractivity contribution in [2.24, 2.45) is 11.3 Å². The largest absolute Gasteiger partial charge is 0.481 e. The van der Waals surface area contributed by atoms with Crippen molar-refractivity contribution in [1.29, 1.82) is 0 Å². The SMILES string of the molecule is CC1=CCC(C(C)(C)CC(=O)O)CC1. The number of hydrogen-bond donors (Lipinski definition) is 1. The third-order valence-electron chi connectivity index (χ3n) is 3.35. The quantitative estimate of drug-likeness (QED) is 0.703. The van der Waals surface area contributed by atoms with E-state index in [-0.39, 0.29) is 11.8 Å². The van der Waals surface area contributed by atoms with E-state index in [1.54, 1.807) is 0 Å². The number of carbonyl (C=O) groups is 1. The summed E-state index contributed by atoms with van der Waals surface area (Å²) in [6, 6.07) is 0. The van der Waals surface area contributed by atoms with Crippen molar-refractivity contribution < 1.29 is 9.90 Å². The van der Waals surface area contributed by atoms with E-state index in [0.29, 0.717) is 5.92 Å². The van der Waals surface area contributed by atoms with Gasteiger partial charge in [-0.25, -0.2) is 0 Å². The molecule has 0 aliphatic heterocycles. The van der Waals surface area contributed by atoms with Gasteiger partial charge in [0.1, 0.15) is 0 Å². The Labute approximate surface area is 86.0 Å². The molecule has 1 N–H and O–H groups in total. The summed E-state index contributed by atoms with van der Waals surface area (Å²) >= 11 is 0. The maximum atomic E-state index is 10.7. The summed E-state index contributed by atoms with van der Waals surface area (Å²) in [6.45, 7) is 6.29. The first kappa shape index (κ1) is 11.3. The molecule has 0 aromatic rings. The fourth-order valence-electron chi connectivity index (χ4n) is 2.21. The molecule has 0 saturated heterocycles. The monoisotopic (exact) mass is 196 g/mol. The first-order chi connectivity index (χ1) is 6.42. The highest BCUT2D eigenvalue weighted by Crippen LogP contribution is 2.39. The summed E-state index contributed by atoms with van der Waals surface area (Å²) in [4.78, 5) is 10.7. The normalized spacial score (nSPS) is 23.1. The van der Waals surface area contributed by atoms with E-state index in [2.05, 4.69) is 26.8 Å². The van der Waals surface area contributed by atoms with Crippen molar-refractivity contribution in [2.45, 2.75) is 46.5 Å². The highest BCUT2D eigenvalue weighted by Gasteiger charge is 2.31. The lowest BCUT2D eigenvalue weighted by Gasteiger charge is -2.35. The van der Waals surface area contributed by atoms with Gasteiger partial charge in [-0.1, -0.05) is 25.5 Å². The van der Waals surface area contributed by atoms with Gasteiger partial charge in [0.05, 0.1) is 6.42 Å². The van der Waals surface area contributed by atoms with Gasteiger partial charge < -0.3 is 5.11 Å². The lowest BCUT2D eigenvalue weighted by molar-refractivity contribution is -0.140. The molecule has 0 amide bonds. The van der Waals surface area contributed by atoms with Gasteiger partial charge in [0.2, 0.25) is 0 Å². The Balaban J connectivity index is 2.60. The molecule has 0 spiro atoms. The predicted octanol–water partition coefficient (Wildman–Crippen LogP) is 3.23. The molecular weight excluding hydrogens is 176 g/mol. The van der Waals surface area contributed by atoms with Gasteiger partial charge in [-0.15, -0.1) is 0 Å². The zero-order valence-corrected chi connectivity index (χ0v) is 9.34. The topological polar surface area (TPSA) is 37.3 Å². The molecule has 0 heterocycles.